The molecule has 0 heterocycles. The van der Waals surface area contributed by atoms with Crippen LogP contribution in [0.3, 0.4) is 0 Å². The smallest absolute Gasteiger partial charge is 0.251 e. The minimum atomic E-state index is -3.56. The second-order valence-corrected chi connectivity index (χ2v) is 10.8. The van der Waals surface area contributed by atoms with Gasteiger partial charge in [0.25, 0.3) is 5.91 Å². The van der Waals surface area contributed by atoms with Gasteiger partial charge in [-0.05, 0) is 62.6 Å². The van der Waals surface area contributed by atoms with Crippen molar-refractivity contribution in [1.82, 2.24) is 5.32 Å². The van der Waals surface area contributed by atoms with Crippen LogP contribution in [0.25, 0.3) is 0 Å². The molecule has 0 saturated carbocycles. The maximum atomic E-state index is 12.8. The number of carbonyl (C=O) groups excluding carboxylic acids is 1. The third kappa shape index (κ3) is 6.84. The molecule has 0 aliphatic rings. The first-order valence-corrected chi connectivity index (χ1v) is 13.1. The van der Waals surface area contributed by atoms with Gasteiger partial charge in [-0.3, -0.25) is 9.10 Å². The maximum absolute atomic E-state index is 12.8. The van der Waals surface area contributed by atoms with Gasteiger partial charge >= 0.3 is 0 Å². The monoisotopic (exact) mass is 480 g/mol. The molecule has 0 radical (unpaired) electrons. The van der Waals surface area contributed by atoms with E-state index in [0.717, 1.165) is 11.1 Å². The highest BCUT2D eigenvalue weighted by atomic mass is 32.2. The third-order valence-electron chi connectivity index (χ3n) is 5.32. The second kappa shape index (κ2) is 10.7. The zero-order valence-corrected chi connectivity index (χ0v) is 20.9. The summed E-state index contributed by atoms with van der Waals surface area (Å²) in [6.45, 7) is 6.40. The number of amides is 1. The number of nitrogens with one attached hydrogen (secondary N) is 1. The fraction of sp³-hybridized carbons (Fsp3) is 0.296. The molecular formula is C27H32N2O4S. The Hall–Kier alpha value is -3.32. The molecule has 0 aliphatic heterocycles. The first-order chi connectivity index (χ1) is 16.1. The van der Waals surface area contributed by atoms with Crippen molar-refractivity contribution in [1.29, 1.82) is 0 Å². The Kier molecular flexibility index (Phi) is 7.99. The number of carbonyl (C=O) groups is 1. The Morgan fingerprint density at radius 1 is 0.912 bits per heavy atom. The molecule has 6 nitrogen and oxygen atoms in total. The van der Waals surface area contributed by atoms with Crippen LogP contribution in [0.1, 0.15) is 42.3 Å². The molecule has 0 atom stereocenters. The number of anilines is 1. The van der Waals surface area contributed by atoms with Gasteiger partial charge in [-0.1, -0.05) is 54.6 Å². The summed E-state index contributed by atoms with van der Waals surface area (Å²) in [6.07, 6.45) is 1.88. The molecule has 3 rings (SSSR count). The number of para-hydroxylation sites is 2. The lowest BCUT2D eigenvalue weighted by molar-refractivity contribution is 0.0913. The van der Waals surface area contributed by atoms with Crippen molar-refractivity contribution in [2.45, 2.75) is 39.3 Å². The molecule has 34 heavy (non-hydrogen) atoms. The van der Waals surface area contributed by atoms with Gasteiger partial charge in [0.05, 0.1) is 25.1 Å². The molecule has 0 unspecified atom stereocenters. The molecule has 0 spiro atoms. The van der Waals surface area contributed by atoms with Crippen LogP contribution in [-0.2, 0) is 23.0 Å². The topological polar surface area (TPSA) is 75.7 Å². The van der Waals surface area contributed by atoms with Crippen LogP contribution in [-0.4, -0.2) is 32.7 Å². The number of ether oxygens (including phenoxy) is 1. The van der Waals surface area contributed by atoms with Crippen LogP contribution >= 0.6 is 0 Å². The van der Waals surface area contributed by atoms with E-state index in [1.54, 1.807) is 42.5 Å². The summed E-state index contributed by atoms with van der Waals surface area (Å²) in [5.74, 6) is 0.334. The quantitative estimate of drug-likeness (QED) is 0.452. The first-order valence-electron chi connectivity index (χ1n) is 11.2. The predicted molar refractivity (Wildman–Crippen MR) is 137 cm³/mol. The first kappa shape index (κ1) is 25.3. The minimum Gasteiger partial charge on any atom is -0.492 e. The van der Waals surface area contributed by atoms with Crippen LogP contribution in [0.4, 0.5) is 5.69 Å². The number of hydrogen-bond donors (Lipinski definition) is 1. The zero-order chi connectivity index (χ0) is 24.8. The van der Waals surface area contributed by atoms with Gasteiger partial charge in [0.2, 0.25) is 10.0 Å². The van der Waals surface area contributed by atoms with Crippen molar-refractivity contribution < 1.29 is 17.9 Å². The molecule has 0 aliphatic carbocycles. The Morgan fingerprint density at radius 3 is 2.15 bits per heavy atom. The van der Waals surface area contributed by atoms with E-state index in [-0.39, 0.29) is 12.5 Å². The standard InChI is InChI=1S/C27H32N2O4S/c1-5-33-25-14-10-9-13-24(25)29(34(4,31)32)20-22-15-17-23(18-16-22)26(30)28-27(2,3)19-21-11-7-6-8-12-21/h6-18H,5,19-20H2,1-4H3,(H,28,30). The van der Waals surface area contributed by atoms with Crippen molar-refractivity contribution in [3.63, 3.8) is 0 Å². The lowest BCUT2D eigenvalue weighted by Crippen LogP contribution is -2.45. The fourth-order valence-electron chi connectivity index (χ4n) is 3.78. The van der Waals surface area contributed by atoms with Crippen LogP contribution in [0, 0.1) is 0 Å². The van der Waals surface area contributed by atoms with E-state index >= 15 is 0 Å². The normalized spacial score (nSPS) is 11.6. The summed E-state index contributed by atoms with van der Waals surface area (Å²) >= 11 is 0. The lowest BCUT2D eigenvalue weighted by atomic mass is 9.94. The molecule has 3 aromatic carbocycles. The summed E-state index contributed by atoms with van der Waals surface area (Å²) in [5, 5.41) is 3.09. The van der Waals surface area contributed by atoms with Gasteiger partial charge in [0.15, 0.2) is 0 Å². The van der Waals surface area contributed by atoms with E-state index < -0.39 is 15.6 Å². The van der Waals surface area contributed by atoms with Crippen molar-refractivity contribution in [3.05, 3.63) is 95.6 Å². The largest absolute Gasteiger partial charge is 0.492 e. The molecule has 1 N–H and O–H groups in total. The Morgan fingerprint density at radius 2 is 1.53 bits per heavy atom. The average Bonchev–Trinajstić information content (AvgIpc) is 2.78. The van der Waals surface area contributed by atoms with E-state index in [0.29, 0.717) is 30.0 Å². The minimum absolute atomic E-state index is 0.129. The SMILES string of the molecule is CCOc1ccccc1N(Cc1ccc(C(=O)NC(C)(C)Cc2ccccc2)cc1)S(C)(=O)=O. The summed E-state index contributed by atoms with van der Waals surface area (Å²) in [5.41, 5.74) is 2.49. The predicted octanol–water partition coefficient (Wildman–Crippen LogP) is 4.80. The van der Waals surface area contributed by atoms with Gasteiger partial charge in [0.1, 0.15) is 5.75 Å². The van der Waals surface area contributed by atoms with Crippen LogP contribution < -0.4 is 14.4 Å². The van der Waals surface area contributed by atoms with Crippen LogP contribution in [0.15, 0.2) is 78.9 Å². The summed E-state index contributed by atoms with van der Waals surface area (Å²) < 4.78 is 32.1. The number of hydrogen-bond acceptors (Lipinski definition) is 4. The van der Waals surface area contributed by atoms with E-state index in [9.17, 15) is 13.2 Å². The van der Waals surface area contributed by atoms with E-state index in [4.69, 9.17) is 4.74 Å². The molecule has 0 aromatic heterocycles. The molecule has 3 aromatic rings. The Balaban J connectivity index is 1.74. The number of rotatable bonds is 10. The fourth-order valence-corrected chi connectivity index (χ4v) is 4.67. The second-order valence-electron chi connectivity index (χ2n) is 8.87. The summed E-state index contributed by atoms with van der Waals surface area (Å²) in [4.78, 5) is 12.8. The van der Waals surface area contributed by atoms with Gasteiger partial charge < -0.3 is 10.1 Å². The van der Waals surface area contributed by atoms with Crippen molar-refractivity contribution in [3.8, 4) is 5.75 Å². The average molecular weight is 481 g/mol. The molecule has 1 amide bonds. The highest BCUT2D eigenvalue weighted by molar-refractivity contribution is 7.92. The van der Waals surface area contributed by atoms with Gasteiger partial charge in [-0.2, -0.15) is 0 Å². The van der Waals surface area contributed by atoms with Crippen LogP contribution in [0.5, 0.6) is 5.75 Å². The molecule has 0 fully saturated rings. The van der Waals surface area contributed by atoms with Crippen molar-refractivity contribution in [2.24, 2.45) is 0 Å². The van der Waals surface area contributed by atoms with Gasteiger partial charge in [-0.25, -0.2) is 8.42 Å². The Bertz CT molecular complexity index is 1210. The highest BCUT2D eigenvalue weighted by Gasteiger charge is 2.23. The van der Waals surface area contributed by atoms with Gasteiger partial charge in [0, 0.05) is 11.1 Å². The lowest BCUT2D eigenvalue weighted by Gasteiger charge is -2.27. The van der Waals surface area contributed by atoms with Crippen molar-refractivity contribution >= 4 is 21.6 Å². The van der Waals surface area contributed by atoms with Crippen LogP contribution in [0.2, 0.25) is 0 Å². The van der Waals surface area contributed by atoms with Crippen molar-refractivity contribution in [2.75, 3.05) is 17.2 Å². The molecule has 0 saturated heterocycles. The van der Waals surface area contributed by atoms with E-state index in [2.05, 4.69) is 5.32 Å². The molecule has 0 bridgehead atoms. The van der Waals surface area contributed by atoms with E-state index in [1.165, 1.54) is 10.6 Å². The molecular weight excluding hydrogens is 448 g/mol. The maximum Gasteiger partial charge on any atom is 0.251 e. The van der Waals surface area contributed by atoms with E-state index in [1.807, 2.05) is 57.2 Å². The molecule has 180 valence electrons. The van der Waals surface area contributed by atoms with Gasteiger partial charge in [-0.15, -0.1) is 0 Å². The summed E-state index contributed by atoms with van der Waals surface area (Å²) in [6, 6.07) is 24.1. The number of sulfonamides is 1. The molecule has 7 heteroatoms. The summed E-state index contributed by atoms with van der Waals surface area (Å²) in [7, 11) is -3.56. The Labute approximate surface area is 202 Å². The number of benzene rings is 3. The third-order valence-corrected chi connectivity index (χ3v) is 6.44. The number of nitrogens with zero attached hydrogens (tertiary/aromatic N) is 1. The zero-order valence-electron chi connectivity index (χ0n) is 20.1. The highest BCUT2D eigenvalue weighted by Crippen LogP contribution is 2.31.